The number of alkyl halides is 5. The molecule has 11 heteroatoms. The quantitative estimate of drug-likeness (QED) is 0.310. The van der Waals surface area contributed by atoms with Gasteiger partial charge in [-0.3, -0.25) is 0 Å². The fraction of sp³-hybridized carbons (Fsp3) is 0.235. The highest BCUT2D eigenvalue weighted by atomic mass is 127. The van der Waals surface area contributed by atoms with Crippen molar-refractivity contribution in [2.24, 2.45) is 5.16 Å². The second-order valence-corrected chi connectivity index (χ2v) is 7.85. The summed E-state index contributed by atoms with van der Waals surface area (Å²) in [4.78, 5) is 4.87. The molecule has 0 saturated carbocycles. The fourth-order valence-electron chi connectivity index (χ4n) is 2.71. The molecule has 0 aliphatic carbocycles. The first-order valence-corrected chi connectivity index (χ1v) is 9.38. The van der Waals surface area contributed by atoms with Gasteiger partial charge in [-0.15, -0.1) is 0 Å². The normalized spacial score (nSPS) is 19.5. The highest BCUT2D eigenvalue weighted by molar-refractivity contribution is 14.1. The summed E-state index contributed by atoms with van der Waals surface area (Å²) in [5, 5.41) is 3.59. The van der Waals surface area contributed by atoms with E-state index < -0.39 is 24.8 Å². The number of oxime groups is 1. The average Bonchev–Trinajstić information content (AvgIpc) is 3.02. The number of benzene rings is 2. The predicted octanol–water partition coefficient (Wildman–Crippen LogP) is 6.78. The van der Waals surface area contributed by atoms with Crippen LogP contribution >= 0.6 is 45.8 Å². The molecular formula is C17H9Cl2F5INO2. The van der Waals surface area contributed by atoms with E-state index in [9.17, 15) is 22.0 Å². The Bertz CT molecular complexity index is 918. The monoisotopic (exact) mass is 551 g/mol. The number of hydrogen-bond donors (Lipinski definition) is 0. The van der Waals surface area contributed by atoms with Gasteiger partial charge >= 0.3 is 12.8 Å². The molecule has 3 rings (SSSR count). The molecule has 0 amide bonds. The molecule has 1 atom stereocenters. The maximum Gasteiger partial charge on any atom is 0.435 e. The van der Waals surface area contributed by atoms with Gasteiger partial charge in [-0.05, 0) is 52.9 Å². The van der Waals surface area contributed by atoms with Crippen molar-refractivity contribution in [3.8, 4) is 5.75 Å². The summed E-state index contributed by atoms with van der Waals surface area (Å²) in [7, 11) is 0. The molecule has 2 aromatic rings. The zero-order valence-corrected chi connectivity index (χ0v) is 17.2. The molecule has 1 unspecified atom stereocenters. The first-order chi connectivity index (χ1) is 13.0. The molecule has 1 aliphatic heterocycles. The Morgan fingerprint density at radius 1 is 1.11 bits per heavy atom. The minimum atomic E-state index is -4.85. The number of ether oxygens (including phenoxy) is 1. The molecule has 0 N–H and O–H groups in total. The lowest BCUT2D eigenvalue weighted by Crippen LogP contribution is -2.42. The topological polar surface area (TPSA) is 30.8 Å². The van der Waals surface area contributed by atoms with Crippen LogP contribution in [0.2, 0.25) is 10.0 Å². The number of rotatable bonds is 4. The summed E-state index contributed by atoms with van der Waals surface area (Å²) < 4.78 is 71.7. The molecule has 2 aromatic carbocycles. The van der Waals surface area contributed by atoms with Crippen LogP contribution in [0, 0.1) is 3.57 Å². The Morgan fingerprint density at radius 3 is 2.32 bits per heavy atom. The molecule has 0 spiro atoms. The zero-order chi connectivity index (χ0) is 20.7. The van der Waals surface area contributed by atoms with Gasteiger partial charge in [-0.25, -0.2) is 0 Å². The van der Waals surface area contributed by atoms with E-state index in [0.717, 1.165) is 12.1 Å². The van der Waals surface area contributed by atoms with Crippen molar-refractivity contribution in [1.82, 2.24) is 0 Å². The minimum absolute atomic E-state index is 0.00468. The van der Waals surface area contributed by atoms with Crippen LogP contribution in [0.5, 0.6) is 5.75 Å². The van der Waals surface area contributed by atoms with E-state index >= 15 is 0 Å². The van der Waals surface area contributed by atoms with E-state index in [4.69, 9.17) is 28.0 Å². The Labute approximate surface area is 179 Å². The van der Waals surface area contributed by atoms with Gasteiger partial charge in [-0.1, -0.05) is 34.4 Å². The first-order valence-electron chi connectivity index (χ1n) is 7.55. The summed E-state index contributed by atoms with van der Waals surface area (Å²) >= 11 is 13.5. The summed E-state index contributed by atoms with van der Waals surface area (Å²) in [5.41, 5.74) is -3.03. The molecule has 1 aliphatic rings. The van der Waals surface area contributed by atoms with E-state index in [1.54, 1.807) is 22.6 Å². The minimum Gasteiger partial charge on any atom is -0.434 e. The van der Waals surface area contributed by atoms with Crippen molar-refractivity contribution in [2.75, 3.05) is 0 Å². The van der Waals surface area contributed by atoms with Crippen LogP contribution in [0.25, 0.3) is 0 Å². The molecule has 0 radical (unpaired) electrons. The van der Waals surface area contributed by atoms with Gasteiger partial charge in [0.2, 0.25) is 0 Å². The number of hydrogen-bond acceptors (Lipinski definition) is 3. The summed E-state index contributed by atoms with van der Waals surface area (Å²) in [6.07, 6.45) is -5.54. The van der Waals surface area contributed by atoms with Crippen LogP contribution in [0.1, 0.15) is 17.5 Å². The molecule has 28 heavy (non-hydrogen) atoms. The lowest BCUT2D eigenvalue weighted by Gasteiger charge is -2.29. The second-order valence-electron chi connectivity index (χ2n) is 5.81. The summed E-state index contributed by atoms with van der Waals surface area (Å²) in [6.45, 7) is -3.08. The Morgan fingerprint density at radius 2 is 1.75 bits per heavy atom. The molecule has 0 bridgehead atoms. The first kappa shape index (κ1) is 21.4. The van der Waals surface area contributed by atoms with E-state index in [1.807, 2.05) is 0 Å². The molecule has 0 aromatic heterocycles. The highest BCUT2D eigenvalue weighted by Crippen LogP contribution is 2.49. The van der Waals surface area contributed by atoms with Crippen molar-refractivity contribution < 1.29 is 31.5 Å². The molecular weight excluding hydrogens is 543 g/mol. The van der Waals surface area contributed by atoms with Crippen molar-refractivity contribution in [3.05, 3.63) is 61.1 Å². The molecule has 0 saturated heterocycles. The zero-order valence-electron chi connectivity index (χ0n) is 13.5. The third-order valence-electron chi connectivity index (χ3n) is 4.00. The standard InChI is InChI=1S/C17H9Cl2F5INO2/c18-10-4-9(5-11(19)6-10)16(17(22,23)24)7-13(26-28-16)8-1-2-12(25)14(3-8)27-15(20)21/h1-6,15H,7H2. The largest absolute Gasteiger partial charge is 0.435 e. The van der Waals surface area contributed by atoms with E-state index in [2.05, 4.69) is 9.89 Å². The van der Waals surface area contributed by atoms with Crippen molar-refractivity contribution in [2.45, 2.75) is 24.8 Å². The average molecular weight is 552 g/mol. The van der Waals surface area contributed by atoms with Crippen molar-refractivity contribution >= 4 is 51.5 Å². The maximum atomic E-state index is 14.0. The molecule has 0 fully saturated rings. The van der Waals surface area contributed by atoms with Gasteiger partial charge in [0.25, 0.3) is 5.60 Å². The van der Waals surface area contributed by atoms with Gasteiger partial charge in [0.1, 0.15) is 5.75 Å². The van der Waals surface area contributed by atoms with Crippen LogP contribution in [0.3, 0.4) is 0 Å². The van der Waals surface area contributed by atoms with Crippen molar-refractivity contribution in [1.29, 1.82) is 0 Å². The van der Waals surface area contributed by atoms with E-state index in [1.165, 1.54) is 24.3 Å². The number of halogens is 8. The molecule has 3 nitrogen and oxygen atoms in total. The second kappa shape index (κ2) is 7.83. The van der Waals surface area contributed by atoms with Crippen LogP contribution in [-0.4, -0.2) is 18.5 Å². The third kappa shape index (κ3) is 4.16. The predicted molar refractivity (Wildman–Crippen MR) is 102 cm³/mol. The van der Waals surface area contributed by atoms with Gasteiger partial charge in [0.15, 0.2) is 0 Å². The SMILES string of the molecule is FC(F)Oc1cc(C2=NOC(c3cc(Cl)cc(Cl)c3)(C(F)(F)F)C2)ccc1I. The number of nitrogens with zero attached hydrogens (tertiary/aromatic N) is 1. The summed E-state index contributed by atoms with van der Waals surface area (Å²) in [6, 6.07) is 7.55. The van der Waals surface area contributed by atoms with E-state index in [0.29, 0.717) is 3.57 Å². The van der Waals surface area contributed by atoms with Gasteiger partial charge in [0.05, 0.1) is 9.28 Å². The van der Waals surface area contributed by atoms with Gasteiger partial charge in [0, 0.05) is 27.6 Å². The van der Waals surface area contributed by atoms with Crippen LogP contribution in [-0.2, 0) is 10.4 Å². The third-order valence-corrected chi connectivity index (χ3v) is 5.32. The van der Waals surface area contributed by atoms with Crippen LogP contribution in [0.15, 0.2) is 41.6 Å². The fourth-order valence-corrected chi connectivity index (χ4v) is 3.70. The lowest BCUT2D eigenvalue weighted by atomic mass is 9.86. The van der Waals surface area contributed by atoms with Crippen LogP contribution in [0.4, 0.5) is 22.0 Å². The Kier molecular flexibility index (Phi) is 5.98. The maximum absolute atomic E-state index is 14.0. The summed E-state index contributed by atoms with van der Waals surface area (Å²) in [5.74, 6) is -0.175. The molecule has 150 valence electrons. The lowest BCUT2D eigenvalue weighted by molar-refractivity contribution is -0.275. The van der Waals surface area contributed by atoms with Gasteiger partial charge < -0.3 is 9.57 Å². The van der Waals surface area contributed by atoms with Gasteiger partial charge in [-0.2, -0.15) is 22.0 Å². The highest BCUT2D eigenvalue weighted by Gasteiger charge is 2.62. The Balaban J connectivity index is 2.00. The Hall–Kier alpha value is -1.33. The van der Waals surface area contributed by atoms with E-state index in [-0.39, 0.29) is 32.6 Å². The smallest absolute Gasteiger partial charge is 0.434 e. The van der Waals surface area contributed by atoms with Crippen molar-refractivity contribution in [3.63, 3.8) is 0 Å². The van der Waals surface area contributed by atoms with Crippen LogP contribution < -0.4 is 4.74 Å². The molecule has 1 heterocycles.